The molecule has 0 heterocycles. The van der Waals surface area contributed by atoms with E-state index in [0.29, 0.717) is 30.1 Å². The number of rotatable bonds is 12. The number of aryl methyl sites for hydroxylation is 1. The molecule has 0 aromatic heterocycles. The third kappa shape index (κ3) is 10.3. The van der Waals surface area contributed by atoms with Crippen LogP contribution in [-0.4, -0.2) is 85.3 Å². The number of carbonyl (C=O) groups is 4. The fourth-order valence-corrected chi connectivity index (χ4v) is 2.02. The van der Waals surface area contributed by atoms with Gasteiger partial charge in [-0.05, 0) is 24.6 Å². The minimum absolute atomic E-state index is 0.00735. The van der Waals surface area contributed by atoms with Crippen LogP contribution in [0.3, 0.4) is 0 Å². The molecular formula is C17H22N4O10. The Morgan fingerprint density at radius 2 is 1.48 bits per heavy atom. The van der Waals surface area contributed by atoms with Crippen LogP contribution >= 0.6 is 0 Å². The first-order valence-electron chi connectivity index (χ1n) is 8.57. The first-order chi connectivity index (χ1) is 14.6. The molecule has 2 amide bonds. The van der Waals surface area contributed by atoms with E-state index in [1.54, 1.807) is 6.92 Å². The molecular weight excluding hydrogens is 420 g/mol. The maximum absolute atomic E-state index is 12.2. The molecule has 0 atom stereocenters. The van der Waals surface area contributed by atoms with Gasteiger partial charge in [0.2, 0.25) is 6.41 Å². The molecule has 0 saturated carbocycles. The molecule has 0 unspecified atom stereocenters. The number of carbonyl (C=O) groups excluding carboxylic acids is 4. The van der Waals surface area contributed by atoms with Gasteiger partial charge in [-0.2, -0.15) is 0 Å². The lowest BCUT2D eigenvalue weighted by atomic mass is 9.99. The van der Waals surface area contributed by atoms with E-state index in [-0.39, 0.29) is 37.4 Å². The summed E-state index contributed by atoms with van der Waals surface area (Å²) in [5, 5.41) is 17.7. The van der Waals surface area contributed by atoms with Gasteiger partial charge in [0, 0.05) is 38.3 Å². The summed E-state index contributed by atoms with van der Waals surface area (Å²) in [6.07, 6.45) is 1.66. The molecule has 1 rings (SSSR count). The number of nitrogens with zero attached hydrogens (tertiary/aromatic N) is 4. The quantitative estimate of drug-likeness (QED) is 0.246. The maximum atomic E-state index is 12.2. The highest BCUT2D eigenvalue weighted by Gasteiger charge is 2.17. The van der Waals surface area contributed by atoms with E-state index in [4.69, 9.17) is 0 Å². The molecule has 0 spiro atoms. The summed E-state index contributed by atoms with van der Waals surface area (Å²) in [5.41, 5.74) is 1.12. The topological polar surface area (TPSA) is 180 Å². The van der Waals surface area contributed by atoms with Crippen molar-refractivity contribution in [1.82, 2.24) is 9.80 Å². The molecule has 1 aromatic rings. The zero-order valence-electron chi connectivity index (χ0n) is 17.1. The average Bonchev–Trinajstić information content (AvgIpc) is 2.72. The molecule has 0 aliphatic heterocycles. The van der Waals surface area contributed by atoms with E-state index in [2.05, 4.69) is 9.68 Å². The zero-order valence-corrected chi connectivity index (χ0v) is 17.1. The lowest BCUT2D eigenvalue weighted by molar-refractivity contribution is -0.757. The number of hydrogen-bond acceptors (Lipinski definition) is 10. The normalized spacial score (nSPS) is 9.39. The van der Waals surface area contributed by atoms with Crippen molar-refractivity contribution in [3.05, 3.63) is 54.6 Å². The third-order valence-corrected chi connectivity index (χ3v) is 3.71. The van der Waals surface area contributed by atoms with Crippen LogP contribution in [0.5, 0.6) is 0 Å². The van der Waals surface area contributed by atoms with Gasteiger partial charge in [-0.1, -0.05) is 0 Å². The van der Waals surface area contributed by atoms with Crippen molar-refractivity contribution < 1.29 is 39.0 Å². The van der Waals surface area contributed by atoms with Crippen LogP contribution in [-0.2, 0) is 14.5 Å². The molecule has 0 radical (unpaired) electrons. The first-order valence-corrected chi connectivity index (χ1v) is 8.57. The van der Waals surface area contributed by atoms with Gasteiger partial charge in [0.15, 0.2) is 6.29 Å². The summed E-state index contributed by atoms with van der Waals surface area (Å²) in [6, 6.07) is 2.78. The lowest BCUT2D eigenvalue weighted by Crippen LogP contribution is -2.31. The van der Waals surface area contributed by atoms with Gasteiger partial charge in [0.1, 0.15) is 19.5 Å². The van der Waals surface area contributed by atoms with Crippen molar-refractivity contribution >= 4 is 24.9 Å². The first kappa shape index (κ1) is 26.9. The van der Waals surface area contributed by atoms with Gasteiger partial charge in [-0.3, -0.25) is 19.2 Å². The van der Waals surface area contributed by atoms with Gasteiger partial charge < -0.3 is 19.5 Å². The van der Waals surface area contributed by atoms with Crippen LogP contribution in [0.25, 0.3) is 0 Å². The Balaban J connectivity index is 0.000000759. The van der Waals surface area contributed by atoms with Crippen LogP contribution in [0.1, 0.15) is 36.6 Å². The molecule has 170 valence electrons. The van der Waals surface area contributed by atoms with E-state index in [9.17, 15) is 39.4 Å². The standard InChI is InChI=1S/C13H14N2O6.C4H8N2O4/c1-9-5-12(11(8-17)6-10(9)7-16)13(18)14(2)3-4-21-15(19)20;1-5(4-7)2-3-10-6(8)9/h5-8H,3-4H2,1-2H3;4H,2-3H2,1H3. The van der Waals surface area contributed by atoms with E-state index >= 15 is 0 Å². The fraction of sp³-hybridized carbons (Fsp3) is 0.412. The van der Waals surface area contributed by atoms with Crippen molar-refractivity contribution in [3.8, 4) is 0 Å². The summed E-state index contributed by atoms with van der Waals surface area (Å²) in [5.74, 6) is -0.482. The van der Waals surface area contributed by atoms with E-state index in [0.717, 1.165) is 0 Å². The van der Waals surface area contributed by atoms with E-state index < -0.39 is 16.1 Å². The van der Waals surface area contributed by atoms with Crippen LogP contribution in [0.2, 0.25) is 0 Å². The Kier molecular flexibility index (Phi) is 12.1. The summed E-state index contributed by atoms with van der Waals surface area (Å²) in [7, 11) is 2.94. The highest BCUT2D eigenvalue weighted by molar-refractivity contribution is 6.02. The van der Waals surface area contributed by atoms with E-state index in [1.165, 1.54) is 36.0 Å². The van der Waals surface area contributed by atoms with Crippen LogP contribution in [0.15, 0.2) is 12.1 Å². The predicted octanol–water partition coefficient (Wildman–Crippen LogP) is 0.183. The van der Waals surface area contributed by atoms with Crippen molar-refractivity contribution in [2.24, 2.45) is 0 Å². The van der Waals surface area contributed by atoms with Gasteiger partial charge in [-0.15, -0.1) is 20.2 Å². The Labute approximate surface area is 176 Å². The lowest BCUT2D eigenvalue weighted by Gasteiger charge is -2.18. The summed E-state index contributed by atoms with van der Waals surface area (Å²) < 4.78 is 0. The van der Waals surface area contributed by atoms with E-state index in [1.807, 2.05) is 0 Å². The molecule has 31 heavy (non-hydrogen) atoms. The second kappa shape index (κ2) is 14.0. The minimum Gasteiger partial charge on any atom is -0.346 e. The van der Waals surface area contributed by atoms with Gasteiger partial charge in [0.05, 0.1) is 5.56 Å². The number of benzene rings is 1. The Morgan fingerprint density at radius 3 is 1.94 bits per heavy atom. The molecule has 0 aliphatic rings. The molecule has 0 bridgehead atoms. The van der Waals surface area contributed by atoms with Crippen LogP contribution < -0.4 is 0 Å². The molecule has 14 nitrogen and oxygen atoms in total. The number of amides is 2. The number of aldehydes is 2. The van der Waals surface area contributed by atoms with Crippen LogP contribution in [0, 0.1) is 27.2 Å². The van der Waals surface area contributed by atoms with Gasteiger partial charge >= 0.3 is 0 Å². The fourth-order valence-electron chi connectivity index (χ4n) is 2.02. The van der Waals surface area contributed by atoms with Crippen molar-refractivity contribution in [3.63, 3.8) is 0 Å². The molecule has 1 aromatic carbocycles. The Hall–Kier alpha value is -4.10. The molecule has 0 N–H and O–H groups in total. The predicted molar refractivity (Wildman–Crippen MR) is 104 cm³/mol. The minimum atomic E-state index is -0.946. The summed E-state index contributed by atoms with van der Waals surface area (Å²) in [4.78, 5) is 74.0. The smallest absolute Gasteiger partial charge is 0.294 e. The number of likely N-dealkylation sites (N-methyl/N-ethyl adjacent to an activating group) is 2. The molecule has 0 fully saturated rings. The third-order valence-electron chi connectivity index (χ3n) is 3.71. The summed E-state index contributed by atoms with van der Waals surface area (Å²) >= 11 is 0. The van der Waals surface area contributed by atoms with Crippen molar-refractivity contribution in [2.45, 2.75) is 6.92 Å². The van der Waals surface area contributed by atoms with Crippen LogP contribution in [0.4, 0.5) is 0 Å². The molecule has 14 heteroatoms. The van der Waals surface area contributed by atoms with Gasteiger partial charge in [-0.25, -0.2) is 0 Å². The average molecular weight is 442 g/mol. The molecule has 0 aliphatic carbocycles. The summed E-state index contributed by atoms with van der Waals surface area (Å²) in [6.45, 7) is 1.52. The monoisotopic (exact) mass is 442 g/mol. The second-order valence-corrected chi connectivity index (χ2v) is 5.96. The Morgan fingerprint density at radius 1 is 0.968 bits per heavy atom. The zero-order chi connectivity index (χ0) is 24.0. The highest BCUT2D eigenvalue weighted by Crippen LogP contribution is 2.16. The van der Waals surface area contributed by atoms with Gasteiger partial charge in [0.25, 0.3) is 16.1 Å². The molecule has 0 saturated heterocycles. The number of hydrogen-bond donors (Lipinski definition) is 0. The highest BCUT2D eigenvalue weighted by atomic mass is 17.0. The SMILES string of the molecule is CN(C=O)CCO[N+](=O)[O-].Cc1cc(C(=O)N(C)CCO[N+](=O)[O-])c(C=O)cc1C=O. The maximum Gasteiger partial charge on any atom is 0.294 e. The van der Waals surface area contributed by atoms with Crippen molar-refractivity contribution in [1.29, 1.82) is 0 Å². The largest absolute Gasteiger partial charge is 0.346 e. The van der Waals surface area contributed by atoms with Crippen molar-refractivity contribution in [2.75, 3.05) is 40.4 Å². The Bertz CT molecular complexity index is 814. The second-order valence-electron chi connectivity index (χ2n) is 5.96.